The number of fused-ring (bicyclic) bond motifs is 18. The summed E-state index contributed by atoms with van der Waals surface area (Å²) in [6, 6.07) is 184. The van der Waals surface area contributed by atoms with Gasteiger partial charge >= 0.3 is 0 Å². The molecule has 0 bridgehead atoms. The van der Waals surface area contributed by atoms with E-state index in [9.17, 15) is 5.26 Å². The maximum Gasteiger partial charge on any atom is 0.211 e. The molecule has 0 unspecified atom stereocenters. The third-order valence-corrected chi connectivity index (χ3v) is 43.1. The SMILES string of the molecule is N#Cc1ccc2c(c1)c1ccccc1n2-c1ccc2oc3c([Si](c4ccccc4)(c4ccccc4)c4ccccc4)cccc3c2c1.[C-]#[N+]c1ccc2c3ccccc3n(-c3ccc4oc5c([Si](c6ccccc6)(c6ccccc6)c6ccccc6)cccc5c4c3)c2c1.[C-]#[N+]c1cccc2c3ccccc3n(-c3ccc4oc5c([Si](c6ccccc6)(c6ccccc6)c6ccccc6)cccc5c4c3)c12. The highest BCUT2D eigenvalue weighted by Gasteiger charge is 2.47. The Labute approximate surface area is 816 Å². The lowest BCUT2D eigenvalue weighted by molar-refractivity contribution is 0.671. The molecule has 660 valence electrons. The molecule has 0 radical (unpaired) electrons. The second kappa shape index (κ2) is 35.0. The standard InChI is InChI=1S/3C43H28N2OSi/c1-44-38-24-13-22-35-34-21-11-12-25-39(34)45(42(35)38)30-27-28-40-37(29-30)36-23-14-26-41(43(36)46-40)47(31-15-5-2-6-16-31,32-17-7-3-8-18-32)33-19-9-4-10-20-33;1-44-30-24-26-36-35-20-11-12-22-39(35)45(40(36)28-30)31-25-27-41-38(29-31)37-21-13-23-42(43(37)46-41)47(32-14-5-2-6-15-32,33-16-7-3-8-17-33)34-18-9-4-10-19-34;44-29-30-23-25-40-37(27-30)35-19-10-11-21-39(35)45(40)31-24-26-41-38(28-31)36-20-12-22-42(43(36)46-41)47(32-13-4-1-5-14-32,33-15-6-2-7-16-33)34-17-8-3-9-18-34/h2*2-29H;1-28H. The molecule has 0 aliphatic heterocycles. The summed E-state index contributed by atoms with van der Waals surface area (Å²) in [6.45, 7) is 15.6. The summed E-state index contributed by atoms with van der Waals surface area (Å²) in [6.07, 6.45) is 0. The van der Waals surface area contributed by atoms with Crippen LogP contribution in [-0.4, -0.2) is 37.9 Å². The highest BCUT2D eigenvalue weighted by atomic mass is 28.3. The van der Waals surface area contributed by atoms with Crippen LogP contribution in [0.4, 0.5) is 11.4 Å². The second-order valence-corrected chi connectivity index (χ2v) is 47.3. The lowest BCUT2D eigenvalue weighted by Crippen LogP contribution is -2.74. The molecule has 6 aromatic heterocycles. The predicted molar refractivity (Wildman–Crippen MR) is 592 cm³/mol. The van der Waals surface area contributed by atoms with E-state index < -0.39 is 24.2 Å². The first-order valence-corrected chi connectivity index (χ1v) is 53.4. The average molecular weight is 1850 g/mol. The quantitative estimate of drug-likeness (QED) is 0.0581. The zero-order chi connectivity index (χ0) is 94.1. The first-order chi connectivity index (χ1) is 69.8. The maximum atomic E-state index is 9.62. The van der Waals surface area contributed by atoms with Gasteiger partial charge in [0.1, 0.15) is 33.5 Å². The van der Waals surface area contributed by atoms with Crippen molar-refractivity contribution >= 4 is 229 Å². The molecule has 0 aliphatic carbocycles. The van der Waals surface area contributed by atoms with Gasteiger partial charge < -0.3 is 27.0 Å². The van der Waals surface area contributed by atoms with Crippen molar-refractivity contribution in [2.45, 2.75) is 0 Å². The molecule has 21 aromatic carbocycles. The minimum Gasteiger partial charge on any atom is -0.456 e. The van der Waals surface area contributed by atoms with Crippen LogP contribution < -0.4 is 62.2 Å². The lowest BCUT2D eigenvalue weighted by Gasteiger charge is -2.34. The van der Waals surface area contributed by atoms with Gasteiger partial charge in [-0.25, -0.2) is 9.69 Å². The average Bonchev–Trinajstić information content (AvgIpc) is 1.71. The molecule has 6 heterocycles. The van der Waals surface area contributed by atoms with E-state index in [4.69, 9.17) is 26.4 Å². The van der Waals surface area contributed by atoms with E-state index in [2.05, 4.69) is 503 Å². The lowest BCUT2D eigenvalue weighted by atomic mass is 10.1. The second-order valence-electron chi connectivity index (χ2n) is 35.9. The van der Waals surface area contributed by atoms with Crippen LogP contribution in [0.2, 0.25) is 0 Å². The molecule has 27 aromatic rings. The fourth-order valence-corrected chi connectivity index (χ4v) is 37.4. The Hall–Kier alpha value is -18.5. The van der Waals surface area contributed by atoms with Gasteiger partial charge in [-0.15, -0.1) is 0 Å². The number of hydrogen-bond donors (Lipinski definition) is 0. The Morgan fingerprint density at radius 2 is 0.496 bits per heavy atom. The normalized spacial score (nSPS) is 11.8. The first-order valence-electron chi connectivity index (χ1n) is 47.4. The summed E-state index contributed by atoms with van der Waals surface area (Å²) >= 11 is 0. The van der Waals surface area contributed by atoms with Gasteiger partial charge in [-0.3, -0.25) is 0 Å². The van der Waals surface area contributed by atoms with Crippen LogP contribution in [-0.2, 0) is 0 Å². The zero-order valence-electron chi connectivity index (χ0n) is 76.4. The number of furan rings is 3. The fourth-order valence-electron chi connectivity index (χ4n) is 22.7. The van der Waals surface area contributed by atoms with E-state index in [-0.39, 0.29) is 0 Å². The van der Waals surface area contributed by atoms with E-state index >= 15 is 0 Å². The molecule has 0 atom stereocenters. The number of nitriles is 1. The Morgan fingerprint density at radius 3 is 0.844 bits per heavy atom. The maximum absolute atomic E-state index is 9.62. The van der Waals surface area contributed by atoms with Crippen molar-refractivity contribution in [1.29, 1.82) is 5.26 Å². The number of para-hydroxylation sites is 7. The van der Waals surface area contributed by atoms with Crippen LogP contribution in [0.25, 0.3) is 158 Å². The van der Waals surface area contributed by atoms with E-state index in [0.717, 1.165) is 143 Å². The highest BCUT2D eigenvalue weighted by molar-refractivity contribution is 7.22. The molecule has 0 fully saturated rings. The minimum atomic E-state index is -2.81. The van der Waals surface area contributed by atoms with Gasteiger partial charge in [0.05, 0.1) is 52.4 Å². The van der Waals surface area contributed by atoms with E-state index in [1.54, 1.807) is 0 Å². The summed E-state index contributed by atoms with van der Waals surface area (Å²) in [5.41, 5.74) is 16.7. The smallest absolute Gasteiger partial charge is 0.211 e. The van der Waals surface area contributed by atoms with E-state index in [1.807, 2.05) is 36.4 Å². The summed E-state index contributed by atoms with van der Waals surface area (Å²) in [5, 5.41) is 38.3. The number of aromatic nitrogens is 3. The van der Waals surface area contributed by atoms with Crippen molar-refractivity contribution < 1.29 is 13.3 Å². The Kier molecular flexibility index (Phi) is 20.9. The van der Waals surface area contributed by atoms with Gasteiger partial charge in [-0.1, -0.05) is 413 Å². The Balaban J connectivity index is 0.000000111. The van der Waals surface area contributed by atoms with Crippen molar-refractivity contribution in [2.24, 2.45) is 0 Å². The van der Waals surface area contributed by atoms with Crippen molar-refractivity contribution in [3.8, 4) is 23.1 Å². The molecular formula is C129H84N6O3Si3. The fraction of sp³-hybridized carbons (Fsp3) is 0. The summed E-state index contributed by atoms with van der Waals surface area (Å²) in [5.74, 6) is 0. The number of nitrogens with zero attached hydrogens (tertiary/aromatic N) is 6. The molecule has 141 heavy (non-hydrogen) atoms. The van der Waals surface area contributed by atoms with Crippen molar-refractivity contribution in [3.05, 3.63) is 538 Å². The molecule has 0 aliphatic rings. The van der Waals surface area contributed by atoms with E-state index in [0.29, 0.717) is 16.9 Å². The van der Waals surface area contributed by atoms with Crippen molar-refractivity contribution in [3.63, 3.8) is 0 Å². The van der Waals surface area contributed by atoms with Crippen LogP contribution >= 0.6 is 0 Å². The van der Waals surface area contributed by atoms with Gasteiger partial charge in [0.25, 0.3) is 0 Å². The van der Waals surface area contributed by atoms with Gasteiger partial charge in [0.15, 0.2) is 29.9 Å². The van der Waals surface area contributed by atoms with Crippen LogP contribution in [0.15, 0.2) is 523 Å². The Morgan fingerprint density at radius 1 is 0.213 bits per heavy atom. The number of benzene rings is 21. The van der Waals surface area contributed by atoms with Crippen molar-refractivity contribution in [1.82, 2.24) is 13.7 Å². The number of hydrogen-bond acceptors (Lipinski definition) is 4. The number of rotatable bonds is 15. The molecule has 0 spiro atoms. The molecular weight excluding hydrogens is 1770 g/mol. The summed E-state index contributed by atoms with van der Waals surface area (Å²) in [4.78, 5) is 7.66. The first kappa shape index (κ1) is 84.3. The topological polar surface area (TPSA) is 86.7 Å². The van der Waals surface area contributed by atoms with Crippen LogP contribution in [0.3, 0.4) is 0 Å². The third kappa shape index (κ3) is 13.6. The zero-order valence-corrected chi connectivity index (χ0v) is 79.4. The predicted octanol–water partition coefficient (Wildman–Crippen LogP) is 25.2. The minimum absolute atomic E-state index is 0.630. The summed E-state index contributed by atoms with van der Waals surface area (Å²) < 4.78 is 27.6. The molecule has 0 N–H and O–H groups in total. The monoisotopic (exact) mass is 1850 g/mol. The van der Waals surface area contributed by atoms with Crippen LogP contribution in [0.5, 0.6) is 0 Å². The molecule has 9 nitrogen and oxygen atoms in total. The van der Waals surface area contributed by atoms with E-state index in [1.165, 1.54) is 67.6 Å². The van der Waals surface area contributed by atoms with Gasteiger partial charge in [-0.05, 0) is 165 Å². The Bertz CT molecular complexity index is 9360. The molecule has 0 saturated carbocycles. The summed E-state index contributed by atoms with van der Waals surface area (Å²) in [7, 11) is -8.42. The molecule has 27 rings (SSSR count). The largest absolute Gasteiger partial charge is 0.456 e. The third-order valence-electron chi connectivity index (χ3n) is 28.7. The van der Waals surface area contributed by atoms with Crippen LogP contribution in [0, 0.1) is 24.5 Å². The molecule has 0 amide bonds. The van der Waals surface area contributed by atoms with Gasteiger partial charge in [0, 0.05) is 81.8 Å². The highest BCUT2D eigenvalue weighted by Crippen LogP contribution is 2.43. The molecule has 12 heteroatoms. The van der Waals surface area contributed by atoms with Crippen LogP contribution in [0.1, 0.15) is 5.56 Å². The van der Waals surface area contributed by atoms with Gasteiger partial charge in [-0.2, -0.15) is 5.26 Å². The van der Waals surface area contributed by atoms with Crippen molar-refractivity contribution in [2.75, 3.05) is 0 Å². The molecule has 0 saturated heterocycles. The van der Waals surface area contributed by atoms with Gasteiger partial charge in [0.2, 0.25) is 5.69 Å².